The monoisotopic (exact) mass is 319 g/mol. The minimum atomic E-state index is -0.211. The first-order valence-electron chi connectivity index (χ1n) is 8.04. The van der Waals surface area contributed by atoms with Gasteiger partial charge in [-0.1, -0.05) is 18.2 Å². The van der Waals surface area contributed by atoms with E-state index < -0.39 is 0 Å². The lowest BCUT2D eigenvalue weighted by Crippen LogP contribution is -2.49. The number of nitrogens with one attached hydrogen (secondary N) is 1. The Balaban J connectivity index is 1.70. The van der Waals surface area contributed by atoms with E-state index in [4.69, 9.17) is 4.74 Å². The van der Waals surface area contributed by atoms with Gasteiger partial charge in [-0.3, -0.25) is 9.59 Å². The van der Waals surface area contributed by atoms with Crippen LogP contribution < -0.4 is 10.2 Å². The van der Waals surface area contributed by atoms with E-state index in [9.17, 15) is 9.59 Å². The van der Waals surface area contributed by atoms with Crippen LogP contribution in [0.4, 0.5) is 5.69 Å². The molecule has 6 nitrogen and oxygen atoms in total. The molecule has 0 saturated carbocycles. The van der Waals surface area contributed by atoms with Crippen molar-refractivity contribution >= 4 is 17.5 Å². The van der Waals surface area contributed by atoms with Crippen LogP contribution in [0.1, 0.15) is 12.8 Å². The summed E-state index contributed by atoms with van der Waals surface area (Å²) in [6, 6.07) is 10.2. The minimum absolute atomic E-state index is 0.0711. The molecule has 0 aliphatic carbocycles. The van der Waals surface area contributed by atoms with Gasteiger partial charge < -0.3 is 19.9 Å². The smallest absolute Gasteiger partial charge is 0.232 e. The Morgan fingerprint density at radius 3 is 2.48 bits per heavy atom. The highest BCUT2D eigenvalue weighted by atomic mass is 16.5. The van der Waals surface area contributed by atoms with Crippen molar-refractivity contribution in [2.24, 2.45) is 0 Å². The van der Waals surface area contributed by atoms with Crippen LogP contribution in [0.2, 0.25) is 0 Å². The molecule has 1 fully saturated rings. The summed E-state index contributed by atoms with van der Waals surface area (Å²) in [6.07, 6.45) is 0.685. The number of carbonyl (C=O) groups excluding carboxylic acids is 2. The van der Waals surface area contributed by atoms with Crippen molar-refractivity contribution in [2.75, 3.05) is 51.3 Å². The van der Waals surface area contributed by atoms with Crippen LogP contribution in [0.15, 0.2) is 30.3 Å². The van der Waals surface area contributed by atoms with Gasteiger partial charge in [0, 0.05) is 52.1 Å². The van der Waals surface area contributed by atoms with E-state index in [1.165, 1.54) is 5.69 Å². The van der Waals surface area contributed by atoms with Crippen LogP contribution in [0.3, 0.4) is 0 Å². The summed E-state index contributed by atoms with van der Waals surface area (Å²) < 4.78 is 4.92. The molecule has 1 N–H and O–H groups in total. The molecule has 0 spiro atoms. The summed E-state index contributed by atoms with van der Waals surface area (Å²) in [7, 11) is 1.63. The van der Waals surface area contributed by atoms with Crippen LogP contribution in [0.5, 0.6) is 0 Å². The summed E-state index contributed by atoms with van der Waals surface area (Å²) >= 11 is 0. The first kappa shape index (κ1) is 17.3. The number of amides is 2. The number of piperazine rings is 1. The molecule has 2 amide bonds. The van der Waals surface area contributed by atoms with Crippen LogP contribution in [0.25, 0.3) is 0 Å². The number of methoxy groups -OCH3 is 1. The summed E-state index contributed by atoms with van der Waals surface area (Å²) in [5.74, 6) is -0.307. The van der Waals surface area contributed by atoms with Crippen molar-refractivity contribution in [2.45, 2.75) is 12.8 Å². The molecule has 6 heteroatoms. The molecule has 1 aromatic carbocycles. The van der Waals surface area contributed by atoms with Gasteiger partial charge in [-0.15, -0.1) is 0 Å². The van der Waals surface area contributed by atoms with Gasteiger partial charge >= 0.3 is 0 Å². The van der Waals surface area contributed by atoms with Crippen molar-refractivity contribution in [1.29, 1.82) is 0 Å². The number of ether oxygens (including phenoxy) is 1. The summed E-state index contributed by atoms with van der Waals surface area (Å²) in [4.78, 5) is 27.9. The maximum absolute atomic E-state index is 12.2. The Morgan fingerprint density at radius 2 is 1.83 bits per heavy atom. The van der Waals surface area contributed by atoms with Crippen molar-refractivity contribution in [3.05, 3.63) is 30.3 Å². The average Bonchev–Trinajstić information content (AvgIpc) is 2.59. The summed E-state index contributed by atoms with van der Waals surface area (Å²) in [5.41, 5.74) is 1.18. The van der Waals surface area contributed by atoms with Gasteiger partial charge in [0.2, 0.25) is 11.8 Å². The summed E-state index contributed by atoms with van der Waals surface area (Å²) in [5, 5.41) is 2.75. The lowest BCUT2D eigenvalue weighted by molar-refractivity contribution is -0.136. The van der Waals surface area contributed by atoms with E-state index in [1.807, 2.05) is 18.2 Å². The van der Waals surface area contributed by atoms with Crippen molar-refractivity contribution in [3.8, 4) is 0 Å². The van der Waals surface area contributed by atoms with Gasteiger partial charge in [0.1, 0.15) is 6.42 Å². The zero-order valence-corrected chi connectivity index (χ0v) is 13.7. The number of para-hydroxylation sites is 1. The third kappa shape index (κ3) is 5.56. The molecule has 1 aliphatic rings. The molecule has 0 unspecified atom stereocenters. The molecule has 0 aromatic heterocycles. The molecule has 0 radical (unpaired) electrons. The van der Waals surface area contributed by atoms with E-state index in [0.29, 0.717) is 26.2 Å². The highest BCUT2D eigenvalue weighted by molar-refractivity contribution is 5.96. The van der Waals surface area contributed by atoms with Crippen LogP contribution >= 0.6 is 0 Å². The zero-order valence-electron chi connectivity index (χ0n) is 13.7. The minimum Gasteiger partial charge on any atom is -0.385 e. The van der Waals surface area contributed by atoms with Gasteiger partial charge in [0.25, 0.3) is 0 Å². The molecule has 1 aliphatic heterocycles. The Morgan fingerprint density at radius 1 is 1.13 bits per heavy atom. The summed E-state index contributed by atoms with van der Waals surface area (Å²) in [6.45, 7) is 4.06. The first-order valence-corrected chi connectivity index (χ1v) is 8.04. The Hall–Kier alpha value is -2.08. The second kappa shape index (κ2) is 9.15. The van der Waals surface area contributed by atoms with Crippen LogP contribution in [-0.4, -0.2) is 63.2 Å². The fourth-order valence-corrected chi connectivity index (χ4v) is 2.61. The predicted molar refractivity (Wildman–Crippen MR) is 89.4 cm³/mol. The van der Waals surface area contributed by atoms with Gasteiger partial charge in [0.15, 0.2) is 0 Å². The molecule has 0 atom stereocenters. The maximum atomic E-state index is 12.2. The third-order valence-electron chi connectivity index (χ3n) is 3.91. The number of nitrogens with zero attached hydrogens (tertiary/aromatic N) is 2. The van der Waals surface area contributed by atoms with E-state index in [-0.39, 0.29) is 18.2 Å². The highest BCUT2D eigenvalue weighted by Gasteiger charge is 2.22. The van der Waals surface area contributed by atoms with E-state index in [1.54, 1.807) is 12.0 Å². The fraction of sp³-hybridized carbons (Fsp3) is 0.529. The SMILES string of the molecule is COCCCNC(=O)CC(=O)N1CCN(c2ccccc2)CC1. The highest BCUT2D eigenvalue weighted by Crippen LogP contribution is 2.15. The lowest BCUT2D eigenvalue weighted by Gasteiger charge is -2.36. The van der Waals surface area contributed by atoms with E-state index in [0.717, 1.165) is 19.5 Å². The quantitative estimate of drug-likeness (QED) is 0.599. The Bertz CT molecular complexity index is 499. The lowest BCUT2D eigenvalue weighted by atomic mass is 10.2. The molecular formula is C17H25N3O3. The molecule has 2 rings (SSSR count). The Kier molecular flexibility index (Phi) is 6.87. The zero-order chi connectivity index (χ0) is 16.5. The predicted octanol–water partition coefficient (Wildman–Crippen LogP) is 0.878. The molecule has 126 valence electrons. The van der Waals surface area contributed by atoms with Crippen LogP contribution in [0, 0.1) is 0 Å². The average molecular weight is 319 g/mol. The van der Waals surface area contributed by atoms with Gasteiger partial charge in [-0.05, 0) is 18.6 Å². The van der Waals surface area contributed by atoms with Crippen molar-refractivity contribution in [1.82, 2.24) is 10.2 Å². The third-order valence-corrected chi connectivity index (χ3v) is 3.91. The fourth-order valence-electron chi connectivity index (χ4n) is 2.61. The molecule has 1 aromatic rings. The number of hydrogen-bond acceptors (Lipinski definition) is 4. The van der Waals surface area contributed by atoms with Crippen molar-refractivity contribution < 1.29 is 14.3 Å². The topological polar surface area (TPSA) is 61.9 Å². The molecule has 1 heterocycles. The number of benzene rings is 1. The van der Waals surface area contributed by atoms with Gasteiger partial charge in [0.05, 0.1) is 0 Å². The number of carbonyl (C=O) groups is 2. The second-order valence-electron chi connectivity index (χ2n) is 5.58. The standard InChI is InChI=1S/C17H25N3O3/c1-23-13-5-8-18-16(21)14-17(22)20-11-9-19(10-12-20)15-6-3-2-4-7-15/h2-4,6-7H,5,8-14H2,1H3,(H,18,21). The van der Waals surface area contributed by atoms with E-state index >= 15 is 0 Å². The number of anilines is 1. The van der Waals surface area contributed by atoms with Gasteiger partial charge in [-0.2, -0.15) is 0 Å². The first-order chi connectivity index (χ1) is 11.2. The maximum Gasteiger partial charge on any atom is 0.232 e. The Labute approximate surface area is 137 Å². The number of hydrogen-bond donors (Lipinski definition) is 1. The molecule has 23 heavy (non-hydrogen) atoms. The van der Waals surface area contributed by atoms with Crippen molar-refractivity contribution in [3.63, 3.8) is 0 Å². The largest absolute Gasteiger partial charge is 0.385 e. The molecule has 1 saturated heterocycles. The second-order valence-corrected chi connectivity index (χ2v) is 5.58. The molecular weight excluding hydrogens is 294 g/mol. The van der Waals surface area contributed by atoms with E-state index in [2.05, 4.69) is 22.3 Å². The number of rotatable bonds is 7. The van der Waals surface area contributed by atoms with Crippen LogP contribution in [-0.2, 0) is 14.3 Å². The van der Waals surface area contributed by atoms with Gasteiger partial charge in [-0.25, -0.2) is 0 Å². The normalized spacial score (nSPS) is 14.7. The molecule has 0 bridgehead atoms.